The molecule has 1 aliphatic rings. The molecule has 1 heterocycles. The summed E-state index contributed by atoms with van der Waals surface area (Å²) >= 11 is 0. The molecular weight excluding hydrogens is 374 g/mol. The number of anilines is 2. The number of aliphatic hydroxyl groups excluding tert-OH is 1. The van der Waals surface area contributed by atoms with Crippen molar-refractivity contribution < 1.29 is 24.2 Å². The minimum atomic E-state index is -0.225. The van der Waals surface area contributed by atoms with Gasteiger partial charge in [0.25, 0.3) is 5.91 Å². The molecule has 29 heavy (non-hydrogen) atoms. The molecule has 0 fully saturated rings. The number of benzene rings is 2. The number of carbonyl (C=O) groups is 2. The number of amides is 2. The monoisotopic (exact) mass is 401 g/mol. The van der Waals surface area contributed by atoms with E-state index in [1.54, 1.807) is 52.3 Å². The van der Waals surface area contributed by atoms with Gasteiger partial charge in [-0.2, -0.15) is 0 Å². The molecule has 156 valence electrons. The molecule has 4 N–H and O–H groups in total. The highest BCUT2D eigenvalue weighted by molar-refractivity contribution is 6.03. The van der Waals surface area contributed by atoms with Crippen molar-refractivity contribution in [2.75, 3.05) is 31.4 Å². The summed E-state index contributed by atoms with van der Waals surface area (Å²) in [4.78, 5) is 23.8. The van der Waals surface area contributed by atoms with Crippen LogP contribution in [0.2, 0.25) is 0 Å². The van der Waals surface area contributed by atoms with Crippen molar-refractivity contribution in [3.63, 3.8) is 0 Å². The van der Waals surface area contributed by atoms with E-state index in [1.807, 2.05) is 12.1 Å². The van der Waals surface area contributed by atoms with Gasteiger partial charge in [0.15, 0.2) is 11.5 Å². The molecule has 8 nitrogen and oxygen atoms in total. The fourth-order valence-corrected chi connectivity index (χ4v) is 2.59. The molecule has 0 radical (unpaired) electrons. The van der Waals surface area contributed by atoms with Crippen LogP contribution >= 0.6 is 0 Å². The number of methoxy groups -OCH3 is 2. The summed E-state index contributed by atoms with van der Waals surface area (Å²) in [6, 6.07) is 10.6. The lowest BCUT2D eigenvalue weighted by atomic mass is 10.1. The number of carbonyl (C=O) groups excluding carboxylic acids is 2. The Labute approximate surface area is 170 Å². The summed E-state index contributed by atoms with van der Waals surface area (Å²) in [5.41, 5.74) is 2.77. The Hall–Kier alpha value is -3.26. The number of nitrogens with one attached hydrogen (secondary N) is 3. The molecule has 0 saturated carbocycles. The van der Waals surface area contributed by atoms with E-state index in [-0.39, 0.29) is 24.5 Å². The third-order valence-corrected chi connectivity index (χ3v) is 3.90. The maximum atomic E-state index is 12.4. The van der Waals surface area contributed by atoms with Gasteiger partial charge >= 0.3 is 0 Å². The van der Waals surface area contributed by atoms with Gasteiger partial charge in [-0.3, -0.25) is 9.59 Å². The molecule has 3 rings (SSSR count). The summed E-state index contributed by atoms with van der Waals surface area (Å²) < 4.78 is 10.5. The highest BCUT2D eigenvalue weighted by atomic mass is 16.5. The molecule has 0 atom stereocenters. The van der Waals surface area contributed by atoms with Gasteiger partial charge in [0, 0.05) is 18.2 Å². The van der Waals surface area contributed by atoms with Gasteiger partial charge in [0.1, 0.15) is 0 Å². The summed E-state index contributed by atoms with van der Waals surface area (Å²) in [6.45, 7) is 4.03. The number of hydrogen-bond donors (Lipinski definition) is 4. The molecule has 0 aromatic heterocycles. The first-order valence-corrected chi connectivity index (χ1v) is 9.19. The van der Waals surface area contributed by atoms with E-state index in [2.05, 4.69) is 16.0 Å². The van der Waals surface area contributed by atoms with Gasteiger partial charge in [0.2, 0.25) is 5.91 Å². The SMILES string of the molecule is CC(C)O.COc1ccc(CNC(=O)c2ccc3c(c2)NC(=O)CN3)cc1OC. The van der Waals surface area contributed by atoms with Crippen LogP contribution in [0.5, 0.6) is 11.5 Å². The van der Waals surface area contributed by atoms with Crippen LogP contribution in [0.25, 0.3) is 0 Å². The number of ether oxygens (including phenoxy) is 2. The number of fused-ring (bicyclic) bond motifs is 1. The van der Waals surface area contributed by atoms with Crippen LogP contribution in [-0.2, 0) is 11.3 Å². The Morgan fingerprint density at radius 3 is 2.45 bits per heavy atom. The highest BCUT2D eigenvalue weighted by Crippen LogP contribution is 2.28. The minimum Gasteiger partial charge on any atom is -0.493 e. The third-order valence-electron chi connectivity index (χ3n) is 3.90. The minimum absolute atomic E-state index is 0.129. The average molecular weight is 401 g/mol. The first-order valence-electron chi connectivity index (χ1n) is 9.19. The van der Waals surface area contributed by atoms with E-state index in [4.69, 9.17) is 14.6 Å². The standard InChI is InChI=1S/C18H19N3O4.C3H8O/c1-24-15-6-3-11(7-16(15)25-2)9-20-18(23)12-4-5-13-14(8-12)21-17(22)10-19-13;1-3(2)4/h3-8,19H,9-10H2,1-2H3,(H,20,23)(H,21,22);3-4H,1-2H3. The van der Waals surface area contributed by atoms with Crippen molar-refractivity contribution in [1.82, 2.24) is 5.32 Å². The molecule has 8 heteroatoms. The quantitative estimate of drug-likeness (QED) is 0.613. The Kier molecular flexibility index (Phi) is 7.85. The van der Waals surface area contributed by atoms with Gasteiger partial charge in [0.05, 0.1) is 32.1 Å². The van der Waals surface area contributed by atoms with Crippen molar-refractivity contribution >= 4 is 23.2 Å². The lowest BCUT2D eigenvalue weighted by Gasteiger charge is -2.19. The topological polar surface area (TPSA) is 109 Å². The largest absolute Gasteiger partial charge is 0.493 e. The average Bonchev–Trinajstić information content (AvgIpc) is 2.70. The zero-order valence-electron chi connectivity index (χ0n) is 17.0. The fourth-order valence-electron chi connectivity index (χ4n) is 2.59. The summed E-state index contributed by atoms with van der Waals surface area (Å²) in [5.74, 6) is 0.889. The van der Waals surface area contributed by atoms with Crippen molar-refractivity contribution in [2.45, 2.75) is 26.5 Å². The zero-order valence-corrected chi connectivity index (χ0v) is 17.0. The Balaban J connectivity index is 0.000000687. The van der Waals surface area contributed by atoms with Gasteiger partial charge in [-0.05, 0) is 49.7 Å². The predicted molar refractivity (Wildman–Crippen MR) is 112 cm³/mol. The van der Waals surface area contributed by atoms with Gasteiger partial charge in [-0.15, -0.1) is 0 Å². The molecule has 2 amide bonds. The first kappa shape index (κ1) is 22.0. The number of rotatable bonds is 5. The van der Waals surface area contributed by atoms with Crippen molar-refractivity contribution in [1.29, 1.82) is 0 Å². The van der Waals surface area contributed by atoms with Crippen molar-refractivity contribution in [2.24, 2.45) is 0 Å². The molecular formula is C21H27N3O5. The van der Waals surface area contributed by atoms with E-state index < -0.39 is 0 Å². The lowest BCUT2D eigenvalue weighted by Crippen LogP contribution is -2.28. The normalized spacial score (nSPS) is 12.0. The van der Waals surface area contributed by atoms with E-state index >= 15 is 0 Å². The molecule has 2 aromatic carbocycles. The molecule has 1 aliphatic heterocycles. The van der Waals surface area contributed by atoms with E-state index in [0.29, 0.717) is 29.3 Å². The second-order valence-electron chi connectivity index (χ2n) is 6.63. The van der Waals surface area contributed by atoms with Gasteiger partial charge < -0.3 is 30.5 Å². The Bertz CT molecular complexity index is 865. The fraction of sp³-hybridized carbons (Fsp3) is 0.333. The lowest BCUT2D eigenvalue weighted by molar-refractivity contribution is -0.114. The van der Waals surface area contributed by atoms with Crippen LogP contribution in [0, 0.1) is 0 Å². The summed E-state index contributed by atoms with van der Waals surface area (Å²) in [7, 11) is 3.14. The van der Waals surface area contributed by atoms with Crippen LogP contribution < -0.4 is 25.4 Å². The molecule has 0 aliphatic carbocycles. The maximum Gasteiger partial charge on any atom is 0.251 e. The van der Waals surface area contributed by atoms with Crippen LogP contribution in [0.1, 0.15) is 29.8 Å². The third kappa shape index (κ3) is 6.39. The van der Waals surface area contributed by atoms with Crippen LogP contribution in [-0.4, -0.2) is 43.8 Å². The molecule has 0 bridgehead atoms. The zero-order chi connectivity index (χ0) is 21.4. The predicted octanol–water partition coefficient (Wildman–Crippen LogP) is 2.38. The first-order chi connectivity index (χ1) is 13.8. The Morgan fingerprint density at radius 2 is 1.79 bits per heavy atom. The second kappa shape index (κ2) is 10.3. The van der Waals surface area contributed by atoms with Crippen LogP contribution in [0.4, 0.5) is 11.4 Å². The van der Waals surface area contributed by atoms with Crippen LogP contribution in [0.15, 0.2) is 36.4 Å². The number of aliphatic hydroxyl groups is 1. The summed E-state index contributed by atoms with van der Waals surface area (Å²) in [6.07, 6.45) is -0.167. The highest BCUT2D eigenvalue weighted by Gasteiger charge is 2.16. The number of hydrogen-bond acceptors (Lipinski definition) is 6. The second-order valence-corrected chi connectivity index (χ2v) is 6.63. The van der Waals surface area contributed by atoms with Crippen LogP contribution in [0.3, 0.4) is 0 Å². The van der Waals surface area contributed by atoms with E-state index in [1.165, 1.54) is 0 Å². The molecule has 0 saturated heterocycles. The Morgan fingerprint density at radius 1 is 1.10 bits per heavy atom. The molecule has 2 aromatic rings. The van der Waals surface area contributed by atoms with Crippen molar-refractivity contribution in [3.8, 4) is 11.5 Å². The smallest absolute Gasteiger partial charge is 0.251 e. The maximum absolute atomic E-state index is 12.4. The van der Waals surface area contributed by atoms with E-state index in [9.17, 15) is 9.59 Å². The van der Waals surface area contributed by atoms with Gasteiger partial charge in [-0.25, -0.2) is 0 Å². The van der Waals surface area contributed by atoms with Crippen molar-refractivity contribution in [3.05, 3.63) is 47.5 Å². The molecule has 0 spiro atoms. The van der Waals surface area contributed by atoms with Gasteiger partial charge in [-0.1, -0.05) is 6.07 Å². The van der Waals surface area contributed by atoms with E-state index in [0.717, 1.165) is 11.3 Å². The molecule has 0 unspecified atom stereocenters. The summed E-state index contributed by atoms with van der Waals surface area (Å²) in [5, 5.41) is 16.6.